The monoisotopic (exact) mass is 301 g/mol. The highest BCUT2D eigenvalue weighted by molar-refractivity contribution is 6.04. The number of Topliss-reactive ketones (excluding diaryl/α,β-unsaturated/α-hetero) is 1. The van der Waals surface area contributed by atoms with Crippen LogP contribution < -0.4 is 5.32 Å². The number of ketones is 1. The standard InChI is InChI=1S/C18H23NO3/c20-16-12-9-6-10-13-11(9)15(16)18(13,14(10)12)17(21)19-4-1-5-22-7-8-2-3-8/h8-15H,1-7H2,(H,19,21)/t9-,10+,11-,12-,13-,14-,15-,18-/m0/s1. The summed E-state index contributed by atoms with van der Waals surface area (Å²) < 4.78 is 5.61. The third-order valence-electron chi connectivity index (χ3n) is 8.06. The van der Waals surface area contributed by atoms with E-state index in [1.54, 1.807) is 0 Å². The van der Waals surface area contributed by atoms with Crippen LogP contribution in [0.25, 0.3) is 0 Å². The van der Waals surface area contributed by atoms with Gasteiger partial charge in [-0.1, -0.05) is 0 Å². The molecular weight excluding hydrogens is 278 g/mol. The summed E-state index contributed by atoms with van der Waals surface area (Å²) in [5.74, 6) is 4.84. The fraction of sp³-hybridized carbons (Fsp3) is 0.889. The maximum Gasteiger partial charge on any atom is 0.227 e. The van der Waals surface area contributed by atoms with Gasteiger partial charge in [0.15, 0.2) is 0 Å². The van der Waals surface area contributed by atoms with Crippen LogP contribution in [0, 0.1) is 52.8 Å². The van der Waals surface area contributed by atoms with Gasteiger partial charge in [0.1, 0.15) is 5.78 Å². The van der Waals surface area contributed by atoms with Gasteiger partial charge in [0.2, 0.25) is 5.91 Å². The zero-order chi connectivity index (χ0) is 14.6. The number of hydrogen-bond donors (Lipinski definition) is 1. The molecule has 1 N–H and O–H groups in total. The lowest BCUT2D eigenvalue weighted by molar-refractivity contribution is -0.248. The molecule has 8 atom stereocenters. The van der Waals surface area contributed by atoms with Gasteiger partial charge in [-0.2, -0.15) is 0 Å². The topological polar surface area (TPSA) is 55.4 Å². The fourth-order valence-electron chi connectivity index (χ4n) is 7.48. The molecule has 118 valence electrons. The minimum atomic E-state index is -0.237. The normalized spacial score (nSPS) is 54.5. The van der Waals surface area contributed by atoms with Crippen LogP contribution in [0.4, 0.5) is 0 Å². The Morgan fingerprint density at radius 3 is 2.91 bits per heavy atom. The molecule has 0 unspecified atom stereocenters. The average molecular weight is 301 g/mol. The Kier molecular flexibility index (Phi) is 2.14. The molecule has 0 heterocycles. The van der Waals surface area contributed by atoms with E-state index < -0.39 is 0 Å². The molecule has 1 amide bonds. The van der Waals surface area contributed by atoms with Crippen molar-refractivity contribution in [2.75, 3.05) is 19.8 Å². The van der Waals surface area contributed by atoms with Crippen molar-refractivity contribution >= 4 is 11.7 Å². The van der Waals surface area contributed by atoms with Gasteiger partial charge in [-0.05, 0) is 61.2 Å². The van der Waals surface area contributed by atoms with Crippen molar-refractivity contribution in [1.82, 2.24) is 5.32 Å². The van der Waals surface area contributed by atoms with Gasteiger partial charge in [-0.15, -0.1) is 0 Å². The Bertz CT molecular complexity index is 585. The van der Waals surface area contributed by atoms with Crippen molar-refractivity contribution in [2.24, 2.45) is 52.8 Å². The number of carbonyl (C=O) groups is 2. The van der Waals surface area contributed by atoms with Gasteiger partial charge < -0.3 is 10.1 Å². The minimum absolute atomic E-state index is 0.113. The van der Waals surface area contributed by atoms with Crippen LogP contribution >= 0.6 is 0 Å². The lowest BCUT2D eigenvalue weighted by Crippen LogP contribution is -2.75. The van der Waals surface area contributed by atoms with Crippen LogP contribution in [-0.2, 0) is 14.3 Å². The van der Waals surface area contributed by atoms with E-state index in [-0.39, 0.29) is 23.2 Å². The molecule has 22 heavy (non-hydrogen) atoms. The second-order valence-electron chi connectivity index (χ2n) is 8.66. The molecular formula is C18H23NO3. The predicted octanol–water partition coefficient (Wildman–Crippen LogP) is 1.25. The van der Waals surface area contributed by atoms with E-state index >= 15 is 0 Å². The van der Waals surface area contributed by atoms with E-state index in [9.17, 15) is 9.59 Å². The molecule has 7 fully saturated rings. The second kappa shape index (κ2) is 3.77. The molecule has 0 aromatic rings. The molecule has 7 saturated carbocycles. The van der Waals surface area contributed by atoms with E-state index in [1.807, 2.05) is 0 Å². The zero-order valence-corrected chi connectivity index (χ0v) is 12.8. The van der Waals surface area contributed by atoms with Gasteiger partial charge >= 0.3 is 0 Å². The van der Waals surface area contributed by atoms with Gasteiger partial charge in [0, 0.05) is 31.6 Å². The Morgan fingerprint density at radius 1 is 1.27 bits per heavy atom. The lowest BCUT2D eigenvalue weighted by atomic mass is 9.31. The Labute approximate surface area is 130 Å². The first kappa shape index (κ1) is 12.5. The summed E-state index contributed by atoms with van der Waals surface area (Å²) in [5.41, 5.74) is -0.237. The molecule has 0 radical (unpaired) electrons. The molecule has 0 aromatic heterocycles. The number of carbonyl (C=O) groups excluding carboxylic acids is 2. The van der Waals surface area contributed by atoms with E-state index in [0.717, 1.165) is 31.5 Å². The molecule has 4 heteroatoms. The summed E-state index contributed by atoms with van der Waals surface area (Å²) in [6, 6.07) is 0. The van der Waals surface area contributed by atoms with E-state index in [4.69, 9.17) is 4.74 Å². The first-order valence-corrected chi connectivity index (χ1v) is 9.16. The summed E-state index contributed by atoms with van der Waals surface area (Å²) >= 11 is 0. The van der Waals surface area contributed by atoms with Crippen molar-refractivity contribution in [3.05, 3.63) is 0 Å². The first-order valence-electron chi connectivity index (χ1n) is 9.16. The highest BCUT2D eigenvalue weighted by Crippen LogP contribution is 2.92. The summed E-state index contributed by atoms with van der Waals surface area (Å²) in [7, 11) is 0. The van der Waals surface area contributed by atoms with Crippen molar-refractivity contribution in [3.63, 3.8) is 0 Å². The Hall–Kier alpha value is -0.900. The molecule has 7 aliphatic carbocycles. The number of hydrogen-bond acceptors (Lipinski definition) is 3. The molecule has 0 saturated heterocycles. The third-order valence-corrected chi connectivity index (χ3v) is 8.06. The fourth-order valence-corrected chi connectivity index (χ4v) is 7.48. The van der Waals surface area contributed by atoms with Gasteiger partial charge in [0.05, 0.1) is 5.41 Å². The summed E-state index contributed by atoms with van der Waals surface area (Å²) in [6.45, 7) is 2.34. The largest absolute Gasteiger partial charge is 0.381 e. The van der Waals surface area contributed by atoms with Crippen molar-refractivity contribution in [3.8, 4) is 0 Å². The van der Waals surface area contributed by atoms with Crippen LogP contribution in [0.3, 0.4) is 0 Å². The average Bonchev–Trinajstić information content (AvgIpc) is 3.15. The van der Waals surface area contributed by atoms with E-state index in [0.29, 0.717) is 36.0 Å². The maximum absolute atomic E-state index is 12.8. The highest BCUT2D eigenvalue weighted by Gasteiger charge is 2.96. The van der Waals surface area contributed by atoms with Crippen LogP contribution in [-0.4, -0.2) is 31.4 Å². The summed E-state index contributed by atoms with van der Waals surface area (Å²) in [4.78, 5) is 25.3. The van der Waals surface area contributed by atoms with Crippen LogP contribution in [0.2, 0.25) is 0 Å². The molecule has 4 bridgehead atoms. The Morgan fingerprint density at radius 2 is 2.14 bits per heavy atom. The van der Waals surface area contributed by atoms with Crippen LogP contribution in [0.15, 0.2) is 0 Å². The summed E-state index contributed by atoms with van der Waals surface area (Å²) in [5, 5.41) is 3.14. The lowest BCUT2D eigenvalue weighted by Gasteiger charge is -2.70. The van der Waals surface area contributed by atoms with Gasteiger partial charge in [-0.25, -0.2) is 0 Å². The maximum atomic E-state index is 12.8. The van der Waals surface area contributed by atoms with Crippen molar-refractivity contribution in [2.45, 2.75) is 25.7 Å². The second-order valence-corrected chi connectivity index (χ2v) is 8.66. The number of ether oxygens (including phenoxy) is 1. The summed E-state index contributed by atoms with van der Waals surface area (Å²) in [6.07, 6.45) is 4.78. The van der Waals surface area contributed by atoms with Crippen molar-refractivity contribution in [1.29, 1.82) is 0 Å². The Balaban J connectivity index is 1.07. The van der Waals surface area contributed by atoms with Crippen LogP contribution in [0.1, 0.15) is 25.7 Å². The van der Waals surface area contributed by atoms with E-state index in [2.05, 4.69) is 5.32 Å². The highest BCUT2D eigenvalue weighted by atomic mass is 16.5. The smallest absolute Gasteiger partial charge is 0.227 e. The molecule has 7 aliphatic rings. The quantitative estimate of drug-likeness (QED) is 0.720. The SMILES string of the molecule is O=C1[C@H]2[C@H]3C[C@H]4[C@@H]2[C@@]2(C(=O)NCCCOCC5CC5)[C@@H]4[C@H]3[C@@H]12. The number of nitrogens with one attached hydrogen (secondary N) is 1. The third kappa shape index (κ3) is 1.11. The predicted molar refractivity (Wildman–Crippen MR) is 77.7 cm³/mol. The van der Waals surface area contributed by atoms with Crippen molar-refractivity contribution < 1.29 is 14.3 Å². The molecule has 7 rings (SSSR count). The number of amides is 1. The molecule has 0 aromatic carbocycles. The van der Waals surface area contributed by atoms with Crippen LogP contribution in [0.5, 0.6) is 0 Å². The molecule has 4 nitrogen and oxygen atoms in total. The van der Waals surface area contributed by atoms with Gasteiger partial charge in [-0.3, -0.25) is 9.59 Å². The van der Waals surface area contributed by atoms with E-state index in [1.165, 1.54) is 19.3 Å². The van der Waals surface area contributed by atoms with Gasteiger partial charge in [0.25, 0.3) is 0 Å². The first-order chi connectivity index (χ1) is 10.8. The zero-order valence-electron chi connectivity index (χ0n) is 12.8. The molecule has 0 aliphatic heterocycles. The minimum Gasteiger partial charge on any atom is -0.381 e. The number of rotatable bonds is 7. The molecule has 0 spiro atoms.